The molecule has 0 aromatic heterocycles. The molecule has 2 aromatic carbocycles. The molecule has 6 heteroatoms. The predicted octanol–water partition coefficient (Wildman–Crippen LogP) is 4.01. The fraction of sp³-hybridized carbons (Fsp3) is 0.462. The number of aliphatic hydroxyl groups excluding tert-OH is 1. The highest BCUT2D eigenvalue weighted by Gasteiger charge is 2.50. The lowest BCUT2D eigenvalue weighted by atomic mass is 9.77. The van der Waals surface area contributed by atoms with Crippen molar-refractivity contribution in [2.24, 2.45) is 5.92 Å². The van der Waals surface area contributed by atoms with Crippen LogP contribution in [-0.4, -0.2) is 40.2 Å². The van der Waals surface area contributed by atoms with Crippen LogP contribution in [0.2, 0.25) is 0 Å². The minimum atomic E-state index is -0.982. The smallest absolute Gasteiger partial charge is 0.337 e. The van der Waals surface area contributed by atoms with Gasteiger partial charge in [0, 0.05) is 18.7 Å². The van der Waals surface area contributed by atoms with Crippen molar-refractivity contribution in [3.63, 3.8) is 0 Å². The van der Waals surface area contributed by atoms with Crippen LogP contribution in [0.5, 0.6) is 5.75 Å². The van der Waals surface area contributed by atoms with Crippen LogP contribution >= 0.6 is 0 Å². The summed E-state index contributed by atoms with van der Waals surface area (Å²) in [6, 6.07) is 13.3. The van der Waals surface area contributed by atoms with Gasteiger partial charge in [-0.25, -0.2) is 4.79 Å². The summed E-state index contributed by atoms with van der Waals surface area (Å²) in [5.41, 5.74) is 1.62. The molecule has 3 rings (SSSR count). The van der Waals surface area contributed by atoms with Gasteiger partial charge in [-0.3, -0.25) is 4.79 Å². The zero-order chi connectivity index (χ0) is 23.3. The summed E-state index contributed by atoms with van der Waals surface area (Å²) in [6.45, 7) is 6.38. The molecule has 1 aliphatic rings. The van der Waals surface area contributed by atoms with Gasteiger partial charge in [-0.05, 0) is 60.6 Å². The lowest BCUT2D eigenvalue weighted by Gasteiger charge is -2.44. The second kappa shape index (κ2) is 10.2. The number of cyclic esters (lactones) is 1. The number of aryl methyl sites for hydroxylation is 1. The van der Waals surface area contributed by atoms with Crippen LogP contribution in [0.25, 0.3) is 0 Å². The van der Waals surface area contributed by atoms with Crippen molar-refractivity contribution in [2.45, 2.75) is 64.7 Å². The number of Topliss-reactive ketones (excluding diaryl/α,β-unsaturated/α-hetero) is 1. The van der Waals surface area contributed by atoms with E-state index in [1.807, 2.05) is 57.2 Å². The zero-order valence-corrected chi connectivity index (χ0v) is 19.1. The van der Waals surface area contributed by atoms with E-state index in [0.29, 0.717) is 19.4 Å². The van der Waals surface area contributed by atoms with Gasteiger partial charge in [0.2, 0.25) is 0 Å². The summed E-state index contributed by atoms with van der Waals surface area (Å²) in [7, 11) is 0. The van der Waals surface area contributed by atoms with Crippen LogP contribution in [0.3, 0.4) is 0 Å². The van der Waals surface area contributed by atoms with E-state index in [1.54, 1.807) is 17.0 Å². The number of nitrogens with zero attached hydrogens (tertiary/aromatic N) is 1. The molecule has 2 N–H and O–H groups in total. The molecular formula is C26H33NO5. The van der Waals surface area contributed by atoms with Gasteiger partial charge in [0.05, 0.1) is 6.61 Å². The Morgan fingerprint density at radius 1 is 1.12 bits per heavy atom. The molecule has 0 bridgehead atoms. The molecule has 0 spiro atoms. The maximum Gasteiger partial charge on any atom is 0.337 e. The monoisotopic (exact) mass is 439 g/mol. The Balaban J connectivity index is 1.83. The van der Waals surface area contributed by atoms with Gasteiger partial charge in [-0.2, -0.15) is 0 Å². The molecule has 2 atom stereocenters. The molecule has 2 aromatic rings. The van der Waals surface area contributed by atoms with Crippen molar-refractivity contribution in [1.82, 2.24) is 0 Å². The number of phenolic OH excluding ortho intramolecular Hbond substituents is 1. The van der Waals surface area contributed by atoms with Gasteiger partial charge in [0.15, 0.2) is 11.8 Å². The third kappa shape index (κ3) is 5.13. The molecule has 0 amide bonds. The predicted molar refractivity (Wildman–Crippen MR) is 124 cm³/mol. The Kier molecular flexibility index (Phi) is 7.56. The zero-order valence-electron chi connectivity index (χ0n) is 19.1. The fourth-order valence-electron chi connectivity index (χ4n) is 4.37. The van der Waals surface area contributed by atoms with E-state index in [9.17, 15) is 19.8 Å². The number of ketones is 1. The van der Waals surface area contributed by atoms with Gasteiger partial charge < -0.3 is 19.8 Å². The summed E-state index contributed by atoms with van der Waals surface area (Å²) in [5.74, 6) is -0.464. The molecule has 6 nitrogen and oxygen atoms in total. The van der Waals surface area contributed by atoms with E-state index < -0.39 is 17.6 Å². The highest BCUT2D eigenvalue weighted by Crippen LogP contribution is 2.37. The Morgan fingerprint density at radius 2 is 1.84 bits per heavy atom. The van der Waals surface area contributed by atoms with Gasteiger partial charge in [0.25, 0.3) is 0 Å². The van der Waals surface area contributed by atoms with E-state index in [0.717, 1.165) is 23.2 Å². The number of carbonyl (C=O) groups excluding carboxylic acids is 2. The van der Waals surface area contributed by atoms with Crippen LogP contribution in [0.15, 0.2) is 48.5 Å². The van der Waals surface area contributed by atoms with Crippen molar-refractivity contribution < 1.29 is 24.5 Å². The Morgan fingerprint density at radius 3 is 2.44 bits per heavy atom. The first-order valence-corrected chi connectivity index (χ1v) is 11.3. The Bertz CT molecular complexity index is 919. The van der Waals surface area contributed by atoms with Gasteiger partial charge in [-0.1, -0.05) is 45.0 Å². The second-order valence-corrected chi connectivity index (χ2v) is 8.87. The third-order valence-electron chi connectivity index (χ3n) is 6.33. The van der Waals surface area contributed by atoms with Crippen LogP contribution < -0.4 is 4.90 Å². The first kappa shape index (κ1) is 23.8. The van der Waals surface area contributed by atoms with E-state index in [4.69, 9.17) is 4.74 Å². The van der Waals surface area contributed by atoms with Crippen molar-refractivity contribution in [2.75, 3.05) is 11.4 Å². The number of hydrogen-bond acceptors (Lipinski definition) is 6. The van der Waals surface area contributed by atoms with E-state index in [-0.39, 0.29) is 30.5 Å². The minimum absolute atomic E-state index is 0.0224. The fourth-order valence-corrected chi connectivity index (χ4v) is 4.37. The van der Waals surface area contributed by atoms with Crippen LogP contribution in [-0.2, 0) is 27.4 Å². The maximum absolute atomic E-state index is 13.4. The normalized spacial score (nSPS) is 21.0. The first-order chi connectivity index (χ1) is 15.3. The van der Waals surface area contributed by atoms with Crippen molar-refractivity contribution >= 4 is 17.4 Å². The van der Waals surface area contributed by atoms with Gasteiger partial charge in [-0.15, -0.1) is 0 Å². The molecular weight excluding hydrogens is 406 g/mol. The maximum atomic E-state index is 13.4. The number of ether oxygens (including phenoxy) is 1. The van der Waals surface area contributed by atoms with Crippen LogP contribution in [0, 0.1) is 5.92 Å². The van der Waals surface area contributed by atoms with Crippen LogP contribution in [0.1, 0.15) is 51.2 Å². The average molecular weight is 440 g/mol. The largest absolute Gasteiger partial charge is 0.508 e. The van der Waals surface area contributed by atoms with Crippen molar-refractivity contribution in [3.8, 4) is 5.75 Å². The minimum Gasteiger partial charge on any atom is -0.508 e. The summed E-state index contributed by atoms with van der Waals surface area (Å²) in [5, 5.41) is 19.0. The standard InChI is InChI=1S/C26H33NO5/c1-4-14-27(21-7-5-6-20(15-21)17-28)24-23(30)16-26(18(2)3,32-25(24)31)13-12-19-8-10-22(29)11-9-19/h5-11,15,18,24,28-29H,4,12-14,16-17H2,1-3H3. The molecule has 32 heavy (non-hydrogen) atoms. The van der Waals surface area contributed by atoms with Crippen LogP contribution in [0.4, 0.5) is 5.69 Å². The summed E-state index contributed by atoms with van der Waals surface area (Å²) in [6.07, 6.45) is 2.10. The van der Waals surface area contributed by atoms with E-state index >= 15 is 0 Å². The number of benzene rings is 2. The number of phenols is 1. The van der Waals surface area contributed by atoms with Crippen molar-refractivity contribution in [3.05, 3.63) is 59.7 Å². The quantitative estimate of drug-likeness (QED) is 0.453. The molecule has 2 unspecified atom stereocenters. The number of esters is 1. The summed E-state index contributed by atoms with van der Waals surface area (Å²) >= 11 is 0. The number of aromatic hydroxyl groups is 1. The first-order valence-electron chi connectivity index (χ1n) is 11.3. The number of carbonyl (C=O) groups is 2. The van der Waals surface area contributed by atoms with Gasteiger partial charge >= 0.3 is 5.97 Å². The number of aliphatic hydroxyl groups is 1. The summed E-state index contributed by atoms with van der Waals surface area (Å²) < 4.78 is 6.07. The molecule has 0 aliphatic carbocycles. The third-order valence-corrected chi connectivity index (χ3v) is 6.33. The molecule has 1 heterocycles. The highest BCUT2D eigenvalue weighted by atomic mass is 16.6. The lowest BCUT2D eigenvalue weighted by molar-refractivity contribution is -0.179. The lowest BCUT2D eigenvalue weighted by Crippen LogP contribution is -2.59. The molecule has 1 saturated heterocycles. The number of anilines is 1. The molecule has 172 valence electrons. The van der Waals surface area contributed by atoms with Gasteiger partial charge in [0.1, 0.15) is 11.4 Å². The SMILES string of the molecule is CCCN(c1cccc(CO)c1)C1C(=O)CC(CCc2ccc(O)cc2)(C(C)C)OC1=O. The topological polar surface area (TPSA) is 87.1 Å². The van der Waals surface area contributed by atoms with Crippen molar-refractivity contribution in [1.29, 1.82) is 0 Å². The molecule has 1 aliphatic heterocycles. The number of rotatable bonds is 9. The Hall–Kier alpha value is -2.86. The highest BCUT2D eigenvalue weighted by molar-refractivity contribution is 6.08. The average Bonchev–Trinajstić information content (AvgIpc) is 2.77. The molecule has 1 fully saturated rings. The number of hydrogen-bond donors (Lipinski definition) is 2. The Labute approximate surface area is 189 Å². The molecule has 0 saturated carbocycles. The van der Waals surface area contributed by atoms with E-state index in [1.165, 1.54) is 0 Å². The summed E-state index contributed by atoms with van der Waals surface area (Å²) in [4.78, 5) is 28.5. The second-order valence-electron chi connectivity index (χ2n) is 8.87. The van der Waals surface area contributed by atoms with E-state index in [2.05, 4.69) is 0 Å². The molecule has 0 radical (unpaired) electrons.